The molecule has 1 fully saturated rings. The zero-order chi connectivity index (χ0) is 16.4. The molecule has 23 heavy (non-hydrogen) atoms. The van der Waals surface area contributed by atoms with Crippen LogP contribution in [0.5, 0.6) is 0 Å². The molecule has 0 atom stereocenters. The Morgan fingerprint density at radius 3 is 2.61 bits per heavy atom. The van der Waals surface area contributed by atoms with E-state index in [1.54, 1.807) is 0 Å². The number of aryl methyl sites for hydroxylation is 1. The van der Waals surface area contributed by atoms with Crippen molar-refractivity contribution in [1.82, 2.24) is 9.97 Å². The largest absolute Gasteiger partial charge is 0.355 e. The third kappa shape index (κ3) is 3.37. The average Bonchev–Trinajstić information content (AvgIpc) is 2.55. The van der Waals surface area contributed by atoms with Crippen LogP contribution in [0.3, 0.4) is 0 Å². The Morgan fingerprint density at radius 2 is 1.96 bits per heavy atom. The summed E-state index contributed by atoms with van der Waals surface area (Å²) < 4.78 is 0. The number of ketones is 1. The van der Waals surface area contributed by atoms with Gasteiger partial charge in [0.15, 0.2) is 5.82 Å². The number of Topliss-reactive ketones (excluding diaryl/α,β-unsaturated/α-hetero) is 1. The predicted molar refractivity (Wildman–Crippen MR) is 93.0 cm³/mol. The number of anilines is 1. The second kappa shape index (κ2) is 6.67. The fourth-order valence-electron chi connectivity index (χ4n) is 2.98. The Kier molecular flexibility index (Phi) is 4.62. The van der Waals surface area contributed by atoms with E-state index in [-0.39, 0.29) is 0 Å². The molecule has 0 aliphatic carbocycles. The molecule has 0 bridgehead atoms. The van der Waals surface area contributed by atoms with Gasteiger partial charge in [0.1, 0.15) is 11.6 Å². The summed E-state index contributed by atoms with van der Waals surface area (Å²) in [7, 11) is 0. The number of carbonyl (C=O) groups excluding carboxylic acids is 1. The summed E-state index contributed by atoms with van der Waals surface area (Å²) in [5.41, 5.74) is 3.06. The van der Waals surface area contributed by atoms with Gasteiger partial charge in [-0.15, -0.1) is 0 Å². The maximum atomic E-state index is 11.5. The molecule has 5 heteroatoms. The smallest absolute Gasteiger partial charge is 0.161 e. The molecule has 120 valence electrons. The fraction of sp³-hybridized carbons (Fsp3) is 0.389. The molecule has 1 aliphatic heterocycles. The zero-order valence-corrected chi connectivity index (χ0v) is 14.2. The Morgan fingerprint density at radius 1 is 1.22 bits per heavy atom. The standard InChI is InChI=1S/C18H20ClN3O/c1-3-16-12(2)20-17(13-5-4-6-14(19)11-13)21-18(16)22-9-7-15(23)8-10-22/h4-6,11H,3,7-10H2,1-2H3. The van der Waals surface area contributed by atoms with E-state index in [0.29, 0.717) is 29.5 Å². The van der Waals surface area contributed by atoms with Crippen LogP contribution in [0.1, 0.15) is 31.0 Å². The van der Waals surface area contributed by atoms with Gasteiger partial charge in [0.05, 0.1) is 0 Å². The first-order chi connectivity index (χ1) is 11.1. The highest BCUT2D eigenvalue weighted by Crippen LogP contribution is 2.28. The first kappa shape index (κ1) is 15.9. The van der Waals surface area contributed by atoms with E-state index in [2.05, 4.69) is 16.8 Å². The summed E-state index contributed by atoms with van der Waals surface area (Å²) >= 11 is 6.09. The van der Waals surface area contributed by atoms with Crippen molar-refractivity contribution in [2.45, 2.75) is 33.1 Å². The molecule has 0 amide bonds. The van der Waals surface area contributed by atoms with Gasteiger partial charge in [-0.2, -0.15) is 0 Å². The van der Waals surface area contributed by atoms with Crippen molar-refractivity contribution in [2.24, 2.45) is 0 Å². The highest BCUT2D eigenvalue weighted by atomic mass is 35.5. The Balaban J connectivity index is 2.05. The van der Waals surface area contributed by atoms with Gasteiger partial charge in [-0.3, -0.25) is 4.79 Å². The number of benzene rings is 1. The van der Waals surface area contributed by atoms with Crippen LogP contribution in [0.25, 0.3) is 11.4 Å². The minimum atomic E-state index is 0.333. The normalized spacial score (nSPS) is 15.1. The molecular weight excluding hydrogens is 310 g/mol. The van der Waals surface area contributed by atoms with Crippen molar-refractivity contribution in [2.75, 3.05) is 18.0 Å². The Hall–Kier alpha value is -1.94. The van der Waals surface area contributed by atoms with Crippen molar-refractivity contribution >= 4 is 23.2 Å². The molecule has 1 aromatic heterocycles. The van der Waals surface area contributed by atoms with E-state index in [9.17, 15) is 4.79 Å². The zero-order valence-electron chi connectivity index (χ0n) is 13.5. The topological polar surface area (TPSA) is 46.1 Å². The highest BCUT2D eigenvalue weighted by molar-refractivity contribution is 6.30. The molecule has 2 heterocycles. The molecule has 4 nitrogen and oxygen atoms in total. The molecule has 0 N–H and O–H groups in total. The van der Waals surface area contributed by atoms with Crippen LogP contribution in [-0.2, 0) is 11.2 Å². The maximum absolute atomic E-state index is 11.5. The van der Waals surface area contributed by atoms with Gasteiger partial charge in [0.25, 0.3) is 0 Å². The number of aromatic nitrogens is 2. The molecule has 1 aromatic carbocycles. The minimum Gasteiger partial charge on any atom is -0.355 e. The Labute approximate surface area is 141 Å². The number of nitrogens with zero attached hydrogens (tertiary/aromatic N) is 3. The number of halogens is 1. The van der Waals surface area contributed by atoms with E-state index in [1.807, 2.05) is 31.2 Å². The van der Waals surface area contributed by atoms with E-state index >= 15 is 0 Å². The fourth-order valence-corrected chi connectivity index (χ4v) is 3.17. The molecule has 0 unspecified atom stereocenters. The van der Waals surface area contributed by atoms with Crippen LogP contribution in [0.2, 0.25) is 5.02 Å². The van der Waals surface area contributed by atoms with E-state index < -0.39 is 0 Å². The first-order valence-corrected chi connectivity index (χ1v) is 8.36. The number of hydrogen-bond acceptors (Lipinski definition) is 4. The molecular formula is C18H20ClN3O. The lowest BCUT2D eigenvalue weighted by molar-refractivity contribution is -0.119. The third-order valence-corrected chi connectivity index (χ3v) is 4.48. The molecule has 0 radical (unpaired) electrons. The van der Waals surface area contributed by atoms with Crippen LogP contribution in [0.15, 0.2) is 24.3 Å². The second-order valence-corrected chi connectivity index (χ2v) is 6.26. The van der Waals surface area contributed by atoms with E-state index in [0.717, 1.165) is 42.1 Å². The first-order valence-electron chi connectivity index (χ1n) is 7.98. The molecule has 1 saturated heterocycles. The van der Waals surface area contributed by atoms with E-state index in [4.69, 9.17) is 16.6 Å². The van der Waals surface area contributed by atoms with Crippen molar-refractivity contribution in [1.29, 1.82) is 0 Å². The van der Waals surface area contributed by atoms with Crippen LogP contribution in [0, 0.1) is 6.92 Å². The molecule has 1 aliphatic rings. The highest BCUT2D eigenvalue weighted by Gasteiger charge is 2.22. The lowest BCUT2D eigenvalue weighted by Crippen LogP contribution is -2.35. The molecule has 3 rings (SSSR count). The van der Waals surface area contributed by atoms with Crippen LogP contribution in [-0.4, -0.2) is 28.8 Å². The van der Waals surface area contributed by atoms with E-state index in [1.165, 1.54) is 0 Å². The summed E-state index contributed by atoms with van der Waals surface area (Å²) in [5, 5.41) is 0.674. The summed E-state index contributed by atoms with van der Waals surface area (Å²) in [6.45, 7) is 5.60. The van der Waals surface area contributed by atoms with Crippen LogP contribution >= 0.6 is 11.6 Å². The van der Waals surface area contributed by atoms with Crippen molar-refractivity contribution in [3.8, 4) is 11.4 Å². The number of rotatable bonds is 3. The van der Waals surface area contributed by atoms with Gasteiger partial charge in [-0.25, -0.2) is 9.97 Å². The second-order valence-electron chi connectivity index (χ2n) is 5.82. The Bertz CT molecular complexity index is 735. The SMILES string of the molecule is CCc1c(C)nc(-c2cccc(Cl)c2)nc1N1CCC(=O)CC1. The van der Waals surface area contributed by atoms with Gasteiger partial charge in [-0.05, 0) is 25.5 Å². The summed E-state index contributed by atoms with van der Waals surface area (Å²) in [4.78, 5) is 23.2. The lowest BCUT2D eigenvalue weighted by Gasteiger charge is -2.29. The number of hydrogen-bond donors (Lipinski definition) is 0. The summed E-state index contributed by atoms with van der Waals surface area (Å²) in [6, 6.07) is 7.60. The predicted octanol–water partition coefficient (Wildman–Crippen LogP) is 3.84. The van der Waals surface area contributed by atoms with Gasteiger partial charge in [0, 0.05) is 47.8 Å². The number of piperidine rings is 1. The van der Waals surface area contributed by atoms with Gasteiger partial charge < -0.3 is 4.90 Å². The quantitative estimate of drug-likeness (QED) is 0.858. The lowest BCUT2D eigenvalue weighted by atomic mass is 10.1. The average molecular weight is 330 g/mol. The molecule has 0 spiro atoms. The minimum absolute atomic E-state index is 0.333. The van der Waals surface area contributed by atoms with Crippen molar-refractivity contribution in [3.63, 3.8) is 0 Å². The van der Waals surface area contributed by atoms with Gasteiger partial charge in [-0.1, -0.05) is 30.7 Å². The summed E-state index contributed by atoms with van der Waals surface area (Å²) in [6.07, 6.45) is 2.07. The number of carbonyl (C=O) groups is 1. The van der Waals surface area contributed by atoms with Gasteiger partial charge in [0.2, 0.25) is 0 Å². The van der Waals surface area contributed by atoms with Crippen molar-refractivity contribution in [3.05, 3.63) is 40.5 Å². The molecule has 2 aromatic rings. The van der Waals surface area contributed by atoms with Crippen LogP contribution < -0.4 is 4.90 Å². The maximum Gasteiger partial charge on any atom is 0.161 e. The summed E-state index contributed by atoms with van der Waals surface area (Å²) in [5.74, 6) is 1.98. The van der Waals surface area contributed by atoms with Gasteiger partial charge >= 0.3 is 0 Å². The van der Waals surface area contributed by atoms with Crippen molar-refractivity contribution < 1.29 is 4.79 Å². The third-order valence-electron chi connectivity index (χ3n) is 4.25. The monoisotopic (exact) mass is 329 g/mol. The molecule has 0 saturated carbocycles. The van der Waals surface area contributed by atoms with Crippen LogP contribution in [0.4, 0.5) is 5.82 Å².